The quantitative estimate of drug-likeness (QED) is 0.435. The predicted octanol–water partition coefficient (Wildman–Crippen LogP) is 5.15. The molecule has 0 amide bonds. The standard InChI is InChI=1S/C22H18ClFN8/c1-25-15-2-3-19(18(23)10-15)30-20-17-6-9-32(21(17)29-13-28-20)16-4-7-31(8-5-16)22-26-11-14(24)12-27-22/h2-3,6,9-13,16H,4-5,7-8H2,(H,28,29,30). The van der Waals surface area contributed by atoms with E-state index in [0.29, 0.717) is 28.2 Å². The van der Waals surface area contributed by atoms with Gasteiger partial charge in [-0.2, -0.15) is 0 Å². The van der Waals surface area contributed by atoms with E-state index in [2.05, 4.69) is 39.6 Å². The van der Waals surface area contributed by atoms with Crippen molar-refractivity contribution in [2.75, 3.05) is 23.3 Å². The van der Waals surface area contributed by atoms with Crippen LogP contribution in [-0.2, 0) is 0 Å². The molecule has 4 aromatic rings. The van der Waals surface area contributed by atoms with Crippen molar-refractivity contribution in [1.29, 1.82) is 0 Å². The molecule has 0 spiro atoms. The summed E-state index contributed by atoms with van der Waals surface area (Å²) in [6, 6.07) is 7.37. The zero-order valence-corrected chi connectivity index (χ0v) is 17.7. The molecule has 5 rings (SSSR count). The number of hydrogen-bond acceptors (Lipinski definition) is 6. The minimum Gasteiger partial charge on any atom is -0.341 e. The molecule has 3 aromatic heterocycles. The molecule has 10 heteroatoms. The average molecular weight is 449 g/mol. The van der Waals surface area contributed by atoms with Crippen molar-refractivity contribution in [2.45, 2.75) is 18.9 Å². The molecule has 4 heterocycles. The van der Waals surface area contributed by atoms with Gasteiger partial charge in [0.05, 0.1) is 35.1 Å². The number of anilines is 3. The first-order valence-electron chi connectivity index (χ1n) is 10.1. The number of fused-ring (bicyclic) bond motifs is 1. The zero-order chi connectivity index (χ0) is 22.1. The van der Waals surface area contributed by atoms with E-state index in [1.165, 1.54) is 18.7 Å². The molecule has 8 nitrogen and oxygen atoms in total. The molecular formula is C22H18ClFN8. The smallest absolute Gasteiger partial charge is 0.225 e. The van der Waals surface area contributed by atoms with Gasteiger partial charge in [-0.25, -0.2) is 29.2 Å². The molecule has 160 valence electrons. The summed E-state index contributed by atoms with van der Waals surface area (Å²) in [5, 5.41) is 4.61. The lowest BCUT2D eigenvalue weighted by Gasteiger charge is -2.32. The molecule has 32 heavy (non-hydrogen) atoms. The Balaban J connectivity index is 1.35. The molecule has 1 aliphatic rings. The van der Waals surface area contributed by atoms with Gasteiger partial charge in [-0.1, -0.05) is 17.7 Å². The molecule has 0 saturated carbocycles. The van der Waals surface area contributed by atoms with E-state index < -0.39 is 5.82 Å². The summed E-state index contributed by atoms with van der Waals surface area (Å²) in [4.78, 5) is 22.5. The van der Waals surface area contributed by atoms with Crippen molar-refractivity contribution in [2.24, 2.45) is 0 Å². The second-order valence-electron chi connectivity index (χ2n) is 7.50. The van der Waals surface area contributed by atoms with Crippen molar-refractivity contribution in [3.05, 3.63) is 71.4 Å². The first-order chi connectivity index (χ1) is 15.6. The zero-order valence-electron chi connectivity index (χ0n) is 16.9. The average Bonchev–Trinajstić information content (AvgIpc) is 3.26. The van der Waals surface area contributed by atoms with Crippen LogP contribution in [-0.4, -0.2) is 37.6 Å². The van der Waals surface area contributed by atoms with Gasteiger partial charge in [-0.15, -0.1) is 0 Å². The first-order valence-corrected chi connectivity index (χ1v) is 10.5. The van der Waals surface area contributed by atoms with Crippen LogP contribution < -0.4 is 10.2 Å². The van der Waals surface area contributed by atoms with E-state index in [0.717, 1.165) is 37.0 Å². The number of hydrogen-bond donors (Lipinski definition) is 1. The number of halogens is 2. The Kier molecular flexibility index (Phi) is 5.29. The Morgan fingerprint density at radius 1 is 1.09 bits per heavy atom. The van der Waals surface area contributed by atoms with Crippen LogP contribution in [0.15, 0.2) is 49.2 Å². The Bertz CT molecular complexity index is 1310. The number of nitrogens with one attached hydrogen (secondary N) is 1. The van der Waals surface area contributed by atoms with Crippen LogP contribution in [0.5, 0.6) is 0 Å². The molecular weight excluding hydrogens is 431 g/mol. The SMILES string of the molecule is [C-]#[N+]c1ccc(Nc2ncnc3c2ccn3C2CCN(c3ncc(F)cn3)CC2)c(Cl)c1. The van der Waals surface area contributed by atoms with Crippen LogP contribution in [0.1, 0.15) is 18.9 Å². The van der Waals surface area contributed by atoms with Crippen molar-refractivity contribution >= 4 is 45.8 Å². The first kappa shape index (κ1) is 20.2. The van der Waals surface area contributed by atoms with Gasteiger partial charge in [0.1, 0.15) is 17.8 Å². The summed E-state index contributed by atoms with van der Waals surface area (Å²) >= 11 is 6.32. The maximum Gasteiger partial charge on any atom is 0.225 e. The van der Waals surface area contributed by atoms with Crippen LogP contribution in [0.25, 0.3) is 15.9 Å². The summed E-state index contributed by atoms with van der Waals surface area (Å²) in [5.74, 6) is 0.774. The molecule has 0 unspecified atom stereocenters. The van der Waals surface area contributed by atoms with Gasteiger partial charge >= 0.3 is 0 Å². The number of nitrogens with zero attached hydrogens (tertiary/aromatic N) is 7. The van der Waals surface area contributed by atoms with Crippen molar-refractivity contribution in [1.82, 2.24) is 24.5 Å². The fourth-order valence-corrected chi connectivity index (χ4v) is 4.20. The lowest BCUT2D eigenvalue weighted by Crippen LogP contribution is -2.35. The summed E-state index contributed by atoms with van der Waals surface area (Å²) in [6.07, 6.45) is 7.73. The fourth-order valence-electron chi connectivity index (χ4n) is 3.98. The third-order valence-corrected chi connectivity index (χ3v) is 5.90. The summed E-state index contributed by atoms with van der Waals surface area (Å²) < 4.78 is 15.3. The summed E-state index contributed by atoms with van der Waals surface area (Å²) in [7, 11) is 0. The second-order valence-corrected chi connectivity index (χ2v) is 7.91. The fraction of sp³-hybridized carbons (Fsp3) is 0.227. The van der Waals surface area contributed by atoms with Gasteiger partial charge < -0.3 is 14.8 Å². The normalized spacial score (nSPS) is 14.5. The van der Waals surface area contributed by atoms with E-state index in [-0.39, 0.29) is 6.04 Å². The Labute approximate surface area is 188 Å². The van der Waals surface area contributed by atoms with Gasteiger partial charge in [-0.05, 0) is 31.0 Å². The third-order valence-electron chi connectivity index (χ3n) is 5.59. The molecule has 1 aliphatic heterocycles. The van der Waals surface area contributed by atoms with Gasteiger partial charge in [0, 0.05) is 25.3 Å². The van der Waals surface area contributed by atoms with Crippen molar-refractivity contribution in [3.63, 3.8) is 0 Å². The maximum atomic E-state index is 13.1. The van der Waals surface area contributed by atoms with Gasteiger partial charge in [-0.3, -0.25) is 0 Å². The molecule has 0 aliphatic carbocycles. The summed E-state index contributed by atoms with van der Waals surface area (Å²) in [6.45, 7) is 8.65. The highest BCUT2D eigenvalue weighted by atomic mass is 35.5. The highest BCUT2D eigenvalue weighted by Gasteiger charge is 2.24. The third kappa shape index (κ3) is 3.81. The molecule has 1 aromatic carbocycles. The van der Waals surface area contributed by atoms with Crippen LogP contribution in [0.4, 0.5) is 27.5 Å². The minimum absolute atomic E-state index is 0.272. The van der Waals surface area contributed by atoms with Gasteiger partial charge in [0.25, 0.3) is 0 Å². The number of aromatic nitrogens is 5. The monoisotopic (exact) mass is 448 g/mol. The molecule has 1 N–H and O–H groups in total. The van der Waals surface area contributed by atoms with Crippen LogP contribution in [0.2, 0.25) is 5.02 Å². The van der Waals surface area contributed by atoms with E-state index >= 15 is 0 Å². The van der Waals surface area contributed by atoms with Crippen molar-refractivity contribution in [3.8, 4) is 0 Å². The lowest BCUT2D eigenvalue weighted by atomic mass is 10.1. The number of benzene rings is 1. The number of piperidine rings is 1. The predicted molar refractivity (Wildman–Crippen MR) is 121 cm³/mol. The van der Waals surface area contributed by atoms with Gasteiger partial charge in [0.15, 0.2) is 11.5 Å². The Hall–Kier alpha value is -3.77. The Morgan fingerprint density at radius 3 is 2.59 bits per heavy atom. The summed E-state index contributed by atoms with van der Waals surface area (Å²) in [5.41, 5.74) is 2.00. The molecule has 0 radical (unpaired) electrons. The number of rotatable bonds is 4. The van der Waals surface area contributed by atoms with E-state index in [4.69, 9.17) is 18.2 Å². The van der Waals surface area contributed by atoms with E-state index in [9.17, 15) is 4.39 Å². The minimum atomic E-state index is -0.435. The van der Waals surface area contributed by atoms with E-state index in [1.807, 2.05) is 12.3 Å². The van der Waals surface area contributed by atoms with Crippen LogP contribution in [0.3, 0.4) is 0 Å². The maximum absolute atomic E-state index is 13.1. The largest absolute Gasteiger partial charge is 0.341 e. The molecule has 1 saturated heterocycles. The lowest BCUT2D eigenvalue weighted by molar-refractivity contribution is 0.401. The van der Waals surface area contributed by atoms with E-state index in [1.54, 1.807) is 18.2 Å². The van der Waals surface area contributed by atoms with Crippen molar-refractivity contribution < 1.29 is 4.39 Å². The highest BCUT2D eigenvalue weighted by molar-refractivity contribution is 6.33. The van der Waals surface area contributed by atoms with Crippen LogP contribution in [0, 0.1) is 12.4 Å². The van der Waals surface area contributed by atoms with Crippen LogP contribution >= 0.6 is 11.6 Å². The molecule has 1 fully saturated rings. The molecule has 0 bridgehead atoms. The molecule has 0 atom stereocenters. The Morgan fingerprint density at radius 2 is 1.88 bits per heavy atom. The van der Waals surface area contributed by atoms with Gasteiger partial charge in [0.2, 0.25) is 5.95 Å². The second kappa shape index (κ2) is 8.40. The highest BCUT2D eigenvalue weighted by Crippen LogP contribution is 2.33. The topological polar surface area (TPSA) is 76.1 Å².